The summed E-state index contributed by atoms with van der Waals surface area (Å²) in [5, 5.41) is 0. The Balaban J connectivity index is 2.80. The Labute approximate surface area is 78.8 Å². The average Bonchev–Trinajstić information content (AvgIpc) is 2.35. The van der Waals surface area contributed by atoms with Gasteiger partial charge < -0.3 is 4.98 Å². The molecule has 1 N–H and O–H groups in total. The predicted octanol–water partition coefficient (Wildman–Crippen LogP) is 1.86. The van der Waals surface area contributed by atoms with Crippen molar-refractivity contribution in [2.75, 3.05) is 0 Å². The normalized spacial score (nSPS) is 12.4. The van der Waals surface area contributed by atoms with Crippen LogP contribution < -0.4 is 5.69 Å². The summed E-state index contributed by atoms with van der Waals surface area (Å²) in [6.45, 7) is 9.48. The summed E-state index contributed by atoms with van der Waals surface area (Å²) in [4.78, 5) is 13.9. The van der Waals surface area contributed by atoms with Gasteiger partial charge in [0.15, 0.2) is 0 Å². The lowest BCUT2D eigenvalue weighted by molar-refractivity contribution is 0.208. The van der Waals surface area contributed by atoms with Gasteiger partial charge in [-0.1, -0.05) is 27.7 Å². The third-order valence-corrected chi connectivity index (χ3v) is 2.86. The first-order valence-electron chi connectivity index (χ1n) is 4.67. The Morgan fingerprint density at radius 3 is 2.54 bits per heavy atom. The average molecular weight is 182 g/mol. The van der Waals surface area contributed by atoms with Gasteiger partial charge in [-0.2, -0.15) is 0 Å². The van der Waals surface area contributed by atoms with Crippen LogP contribution in [-0.4, -0.2) is 9.55 Å². The maximum absolute atomic E-state index is 11.2. The molecule has 13 heavy (non-hydrogen) atoms. The third kappa shape index (κ3) is 2.23. The van der Waals surface area contributed by atoms with Crippen LogP contribution in [0.1, 0.15) is 27.7 Å². The Kier molecular flexibility index (Phi) is 2.64. The first-order chi connectivity index (χ1) is 5.93. The zero-order chi connectivity index (χ0) is 10.1. The molecule has 0 spiro atoms. The number of aromatic nitrogens is 2. The molecule has 0 bridgehead atoms. The Hall–Kier alpha value is -0.990. The van der Waals surface area contributed by atoms with Crippen LogP contribution in [0.25, 0.3) is 0 Å². The Bertz CT molecular complexity index is 320. The van der Waals surface area contributed by atoms with E-state index in [1.165, 1.54) is 0 Å². The van der Waals surface area contributed by atoms with E-state index in [1.54, 1.807) is 17.0 Å². The summed E-state index contributed by atoms with van der Waals surface area (Å²) >= 11 is 0. The Morgan fingerprint density at radius 2 is 2.15 bits per heavy atom. The van der Waals surface area contributed by atoms with Gasteiger partial charge in [0.1, 0.15) is 0 Å². The largest absolute Gasteiger partial charge is 0.325 e. The fourth-order valence-corrected chi connectivity index (χ4v) is 1.10. The van der Waals surface area contributed by atoms with Crippen molar-refractivity contribution < 1.29 is 0 Å². The number of H-pyrrole nitrogens is 1. The van der Waals surface area contributed by atoms with E-state index in [0.717, 1.165) is 6.54 Å². The lowest BCUT2D eigenvalue weighted by Gasteiger charge is -2.29. The van der Waals surface area contributed by atoms with Crippen LogP contribution in [0, 0.1) is 11.3 Å². The van der Waals surface area contributed by atoms with Crippen LogP contribution in [0.4, 0.5) is 0 Å². The first kappa shape index (κ1) is 10.1. The first-order valence-corrected chi connectivity index (χ1v) is 4.67. The monoisotopic (exact) mass is 182 g/mol. The topological polar surface area (TPSA) is 37.8 Å². The van der Waals surface area contributed by atoms with Crippen LogP contribution in [0.5, 0.6) is 0 Å². The minimum atomic E-state index is -0.0197. The Morgan fingerprint density at radius 1 is 1.54 bits per heavy atom. The summed E-state index contributed by atoms with van der Waals surface area (Å²) in [7, 11) is 0. The van der Waals surface area contributed by atoms with E-state index in [2.05, 4.69) is 32.7 Å². The highest BCUT2D eigenvalue weighted by Gasteiger charge is 2.23. The zero-order valence-corrected chi connectivity index (χ0v) is 8.79. The molecular formula is C10H18N2O. The van der Waals surface area contributed by atoms with Gasteiger partial charge in [-0.15, -0.1) is 0 Å². The second-order valence-corrected chi connectivity index (χ2v) is 4.54. The number of rotatable bonds is 3. The van der Waals surface area contributed by atoms with E-state index in [9.17, 15) is 4.79 Å². The molecule has 3 heteroatoms. The minimum Gasteiger partial charge on any atom is -0.313 e. The number of imidazole rings is 1. The van der Waals surface area contributed by atoms with Crippen molar-refractivity contribution in [1.82, 2.24) is 9.55 Å². The second-order valence-electron chi connectivity index (χ2n) is 4.54. The molecule has 1 aromatic heterocycles. The molecule has 74 valence electrons. The van der Waals surface area contributed by atoms with Crippen molar-refractivity contribution in [3.63, 3.8) is 0 Å². The van der Waals surface area contributed by atoms with Crippen molar-refractivity contribution in [1.29, 1.82) is 0 Å². The molecule has 0 saturated carbocycles. The standard InChI is InChI=1S/C10H18N2O/c1-8(2)10(3,4)7-12-6-5-11-9(12)13/h5-6,8H,7H2,1-4H3,(H,11,13). The second kappa shape index (κ2) is 3.40. The van der Waals surface area contributed by atoms with Gasteiger partial charge in [0.2, 0.25) is 0 Å². The highest BCUT2D eigenvalue weighted by Crippen LogP contribution is 2.27. The van der Waals surface area contributed by atoms with Crippen LogP contribution in [0.3, 0.4) is 0 Å². The minimum absolute atomic E-state index is 0.0197. The van der Waals surface area contributed by atoms with Crippen LogP contribution in [0.15, 0.2) is 17.2 Å². The maximum Gasteiger partial charge on any atom is 0.325 e. The summed E-state index contributed by atoms with van der Waals surface area (Å²) in [5.41, 5.74) is 0.139. The van der Waals surface area contributed by atoms with Crippen LogP contribution in [0.2, 0.25) is 0 Å². The van der Waals surface area contributed by atoms with Gasteiger partial charge in [0.25, 0.3) is 0 Å². The van der Waals surface area contributed by atoms with E-state index in [-0.39, 0.29) is 11.1 Å². The number of nitrogens with one attached hydrogen (secondary N) is 1. The summed E-state index contributed by atoms with van der Waals surface area (Å²) in [6.07, 6.45) is 3.48. The third-order valence-electron chi connectivity index (χ3n) is 2.86. The number of hydrogen-bond donors (Lipinski definition) is 1. The van der Waals surface area contributed by atoms with Crippen LogP contribution >= 0.6 is 0 Å². The van der Waals surface area contributed by atoms with E-state index < -0.39 is 0 Å². The van der Waals surface area contributed by atoms with Crippen molar-refractivity contribution in [3.05, 3.63) is 22.9 Å². The molecule has 0 unspecified atom stereocenters. The molecule has 0 amide bonds. The lowest BCUT2D eigenvalue weighted by Crippen LogP contribution is -2.30. The van der Waals surface area contributed by atoms with Crippen LogP contribution in [-0.2, 0) is 6.54 Å². The molecule has 1 aromatic rings. The molecule has 3 nitrogen and oxygen atoms in total. The molecule has 0 aliphatic heterocycles. The van der Waals surface area contributed by atoms with Gasteiger partial charge in [-0.3, -0.25) is 4.57 Å². The highest BCUT2D eigenvalue weighted by molar-refractivity contribution is 4.81. The highest BCUT2D eigenvalue weighted by atomic mass is 16.1. The molecule has 0 fully saturated rings. The fraction of sp³-hybridized carbons (Fsp3) is 0.700. The van der Waals surface area contributed by atoms with Gasteiger partial charge in [-0.25, -0.2) is 4.79 Å². The van der Waals surface area contributed by atoms with Crippen molar-refractivity contribution >= 4 is 0 Å². The van der Waals surface area contributed by atoms with E-state index >= 15 is 0 Å². The molecule has 1 heterocycles. The molecule has 0 aromatic carbocycles. The summed E-state index contributed by atoms with van der Waals surface area (Å²) < 4.78 is 1.72. The van der Waals surface area contributed by atoms with Crippen molar-refractivity contribution in [2.45, 2.75) is 34.2 Å². The number of hydrogen-bond acceptors (Lipinski definition) is 1. The van der Waals surface area contributed by atoms with Gasteiger partial charge in [-0.05, 0) is 11.3 Å². The van der Waals surface area contributed by atoms with Gasteiger partial charge >= 0.3 is 5.69 Å². The van der Waals surface area contributed by atoms with E-state index in [1.807, 2.05) is 0 Å². The lowest BCUT2D eigenvalue weighted by atomic mass is 9.81. The summed E-state index contributed by atoms with van der Waals surface area (Å²) in [5.74, 6) is 0.564. The smallest absolute Gasteiger partial charge is 0.313 e. The molecule has 0 saturated heterocycles. The van der Waals surface area contributed by atoms with Gasteiger partial charge in [0.05, 0.1) is 0 Å². The zero-order valence-electron chi connectivity index (χ0n) is 8.79. The van der Waals surface area contributed by atoms with Gasteiger partial charge in [0, 0.05) is 18.9 Å². The predicted molar refractivity (Wildman–Crippen MR) is 53.7 cm³/mol. The van der Waals surface area contributed by atoms with E-state index in [4.69, 9.17) is 0 Å². The quantitative estimate of drug-likeness (QED) is 0.761. The SMILES string of the molecule is CC(C)C(C)(C)Cn1cc[nH]c1=O. The molecule has 1 rings (SSSR count). The maximum atomic E-state index is 11.2. The fourth-order valence-electron chi connectivity index (χ4n) is 1.10. The molecule has 0 aliphatic carbocycles. The van der Waals surface area contributed by atoms with Crippen molar-refractivity contribution in [3.8, 4) is 0 Å². The van der Waals surface area contributed by atoms with Crippen molar-refractivity contribution in [2.24, 2.45) is 11.3 Å². The molecule has 0 atom stereocenters. The van der Waals surface area contributed by atoms with E-state index in [0.29, 0.717) is 5.92 Å². The molecular weight excluding hydrogens is 164 g/mol. The number of nitrogens with zero attached hydrogens (tertiary/aromatic N) is 1. The summed E-state index contributed by atoms with van der Waals surface area (Å²) in [6, 6.07) is 0. The number of aromatic amines is 1. The molecule has 0 radical (unpaired) electrons. The molecule has 0 aliphatic rings.